The standard InChI is InChI=1S/C22H17N5O2/c1-28-21-9-17-18(10-22(21)29-2)26-24-13-20(17)27-19-6-5-14(8-16(19)12-25-27)15-4-3-7-23-11-15/h3-13H,1-2H3. The maximum atomic E-state index is 5.46. The van der Waals surface area contributed by atoms with Crippen LogP contribution in [0.15, 0.2) is 67.3 Å². The van der Waals surface area contributed by atoms with Gasteiger partial charge in [0, 0.05) is 34.8 Å². The molecule has 7 heteroatoms. The largest absolute Gasteiger partial charge is 0.493 e. The Morgan fingerprint density at radius 1 is 0.862 bits per heavy atom. The first-order valence-electron chi connectivity index (χ1n) is 9.04. The molecule has 0 N–H and O–H groups in total. The Balaban J connectivity index is 1.69. The molecule has 0 radical (unpaired) electrons. The van der Waals surface area contributed by atoms with Crippen LogP contribution in [0.3, 0.4) is 0 Å². The fourth-order valence-corrected chi connectivity index (χ4v) is 3.48. The fourth-order valence-electron chi connectivity index (χ4n) is 3.48. The predicted molar refractivity (Wildman–Crippen MR) is 111 cm³/mol. The maximum Gasteiger partial charge on any atom is 0.162 e. The van der Waals surface area contributed by atoms with E-state index >= 15 is 0 Å². The van der Waals surface area contributed by atoms with Gasteiger partial charge in [-0.15, -0.1) is 0 Å². The van der Waals surface area contributed by atoms with Crippen molar-refractivity contribution in [2.24, 2.45) is 0 Å². The van der Waals surface area contributed by atoms with E-state index in [1.54, 1.807) is 26.6 Å². The van der Waals surface area contributed by atoms with E-state index in [0.29, 0.717) is 17.0 Å². The topological polar surface area (TPSA) is 75.0 Å². The number of benzene rings is 2. The van der Waals surface area contributed by atoms with Gasteiger partial charge in [0.1, 0.15) is 0 Å². The third-order valence-corrected chi connectivity index (χ3v) is 4.91. The lowest BCUT2D eigenvalue weighted by molar-refractivity contribution is 0.355. The number of pyridine rings is 1. The van der Waals surface area contributed by atoms with Gasteiger partial charge in [0.2, 0.25) is 0 Å². The Morgan fingerprint density at radius 3 is 2.52 bits per heavy atom. The Kier molecular flexibility index (Phi) is 4.05. The Morgan fingerprint density at radius 2 is 1.72 bits per heavy atom. The van der Waals surface area contributed by atoms with Crippen LogP contribution in [0.1, 0.15) is 0 Å². The molecule has 0 bridgehead atoms. The van der Waals surface area contributed by atoms with Crippen molar-refractivity contribution in [2.75, 3.05) is 14.2 Å². The van der Waals surface area contributed by atoms with Crippen LogP contribution in [0.5, 0.6) is 11.5 Å². The van der Waals surface area contributed by atoms with Gasteiger partial charge in [0.25, 0.3) is 0 Å². The second kappa shape index (κ2) is 6.87. The van der Waals surface area contributed by atoms with Crippen LogP contribution in [0, 0.1) is 0 Å². The molecule has 0 atom stereocenters. The molecule has 0 saturated carbocycles. The van der Waals surface area contributed by atoms with Crippen LogP contribution in [-0.2, 0) is 0 Å². The molecule has 0 aliphatic carbocycles. The molecule has 0 saturated heterocycles. The van der Waals surface area contributed by atoms with Crippen molar-refractivity contribution in [1.29, 1.82) is 0 Å². The average molecular weight is 383 g/mol. The molecular formula is C22H17N5O2. The number of methoxy groups -OCH3 is 2. The minimum Gasteiger partial charge on any atom is -0.493 e. The minimum atomic E-state index is 0.609. The first kappa shape index (κ1) is 17.1. The predicted octanol–water partition coefficient (Wildman–Crippen LogP) is 4.05. The summed E-state index contributed by atoms with van der Waals surface area (Å²) in [5.74, 6) is 1.24. The van der Waals surface area contributed by atoms with Gasteiger partial charge in [-0.1, -0.05) is 12.1 Å². The number of rotatable bonds is 4. The maximum absolute atomic E-state index is 5.46. The van der Waals surface area contributed by atoms with Gasteiger partial charge in [-0.05, 0) is 29.8 Å². The van der Waals surface area contributed by atoms with Crippen molar-refractivity contribution >= 4 is 21.8 Å². The number of ether oxygens (including phenoxy) is 2. The van der Waals surface area contributed by atoms with E-state index in [1.165, 1.54) is 0 Å². The highest BCUT2D eigenvalue weighted by Crippen LogP contribution is 2.34. The molecule has 7 nitrogen and oxygen atoms in total. The van der Waals surface area contributed by atoms with Gasteiger partial charge in [0.15, 0.2) is 11.5 Å². The molecule has 0 unspecified atom stereocenters. The molecule has 0 aliphatic heterocycles. The highest BCUT2D eigenvalue weighted by atomic mass is 16.5. The van der Waals surface area contributed by atoms with Crippen LogP contribution in [0.2, 0.25) is 0 Å². The van der Waals surface area contributed by atoms with E-state index in [9.17, 15) is 0 Å². The van der Waals surface area contributed by atoms with Gasteiger partial charge >= 0.3 is 0 Å². The first-order valence-corrected chi connectivity index (χ1v) is 9.04. The highest BCUT2D eigenvalue weighted by molar-refractivity contribution is 5.92. The van der Waals surface area contributed by atoms with Crippen molar-refractivity contribution < 1.29 is 9.47 Å². The van der Waals surface area contributed by atoms with Crippen molar-refractivity contribution in [1.82, 2.24) is 25.0 Å². The third-order valence-electron chi connectivity index (χ3n) is 4.91. The Bertz CT molecular complexity index is 1330. The van der Waals surface area contributed by atoms with Crippen molar-refractivity contribution in [3.63, 3.8) is 0 Å². The molecule has 0 aliphatic rings. The zero-order valence-electron chi connectivity index (χ0n) is 15.9. The summed E-state index contributed by atoms with van der Waals surface area (Å²) in [5, 5.41) is 14.9. The van der Waals surface area contributed by atoms with Crippen molar-refractivity contribution in [3.8, 4) is 28.3 Å². The highest BCUT2D eigenvalue weighted by Gasteiger charge is 2.14. The third kappa shape index (κ3) is 2.84. The number of nitrogens with zero attached hydrogens (tertiary/aromatic N) is 5. The Labute approximate surface area is 166 Å². The SMILES string of the molecule is COc1cc2nncc(-n3ncc4cc(-c5cccnc5)ccc43)c2cc1OC. The van der Waals surface area contributed by atoms with Crippen LogP contribution in [-0.4, -0.2) is 39.2 Å². The lowest BCUT2D eigenvalue weighted by atomic mass is 10.1. The molecule has 142 valence electrons. The Hall–Kier alpha value is -4.00. The van der Waals surface area contributed by atoms with E-state index in [1.807, 2.05) is 41.3 Å². The second-order valence-corrected chi connectivity index (χ2v) is 6.53. The normalized spacial score (nSPS) is 11.1. The smallest absolute Gasteiger partial charge is 0.162 e. The number of hydrogen-bond acceptors (Lipinski definition) is 6. The average Bonchev–Trinajstić information content (AvgIpc) is 3.21. The first-order chi connectivity index (χ1) is 14.3. The van der Waals surface area contributed by atoms with Crippen LogP contribution in [0.4, 0.5) is 0 Å². The van der Waals surface area contributed by atoms with E-state index in [4.69, 9.17) is 9.47 Å². The lowest BCUT2D eigenvalue weighted by Crippen LogP contribution is -2.01. The summed E-state index contributed by atoms with van der Waals surface area (Å²) >= 11 is 0. The molecule has 5 rings (SSSR count). The summed E-state index contributed by atoms with van der Waals surface area (Å²) in [5.41, 5.74) is 4.65. The summed E-state index contributed by atoms with van der Waals surface area (Å²) in [7, 11) is 3.21. The zero-order chi connectivity index (χ0) is 19.8. The minimum absolute atomic E-state index is 0.609. The molecule has 0 fully saturated rings. The van der Waals surface area contributed by atoms with Crippen molar-refractivity contribution in [2.45, 2.75) is 0 Å². The van der Waals surface area contributed by atoms with Gasteiger partial charge in [-0.3, -0.25) is 4.98 Å². The second-order valence-electron chi connectivity index (χ2n) is 6.53. The summed E-state index contributed by atoms with van der Waals surface area (Å²) < 4.78 is 12.7. The van der Waals surface area contributed by atoms with Gasteiger partial charge < -0.3 is 9.47 Å². The molecule has 0 amide bonds. The summed E-state index contributed by atoms with van der Waals surface area (Å²) in [6.07, 6.45) is 7.17. The molecule has 5 aromatic rings. The summed E-state index contributed by atoms with van der Waals surface area (Å²) in [6.45, 7) is 0. The van der Waals surface area contributed by atoms with E-state index < -0.39 is 0 Å². The van der Waals surface area contributed by atoms with Crippen molar-refractivity contribution in [3.05, 3.63) is 67.3 Å². The lowest BCUT2D eigenvalue weighted by Gasteiger charge is -2.11. The summed E-state index contributed by atoms with van der Waals surface area (Å²) in [4.78, 5) is 4.20. The van der Waals surface area contributed by atoms with Crippen LogP contribution < -0.4 is 9.47 Å². The molecule has 29 heavy (non-hydrogen) atoms. The number of hydrogen-bond donors (Lipinski definition) is 0. The molecule has 0 spiro atoms. The van der Waals surface area contributed by atoms with E-state index in [-0.39, 0.29) is 0 Å². The van der Waals surface area contributed by atoms with Gasteiger partial charge in [-0.2, -0.15) is 15.3 Å². The van der Waals surface area contributed by atoms with Crippen LogP contribution in [0.25, 0.3) is 38.6 Å². The molecular weight excluding hydrogens is 366 g/mol. The monoisotopic (exact) mass is 383 g/mol. The van der Waals surface area contributed by atoms with Gasteiger partial charge in [0.05, 0.1) is 43.3 Å². The molecule has 3 heterocycles. The van der Waals surface area contributed by atoms with E-state index in [0.717, 1.165) is 33.1 Å². The number of fused-ring (bicyclic) bond motifs is 2. The zero-order valence-corrected chi connectivity index (χ0v) is 15.9. The number of aromatic nitrogens is 5. The quantitative estimate of drug-likeness (QED) is 0.466. The van der Waals surface area contributed by atoms with Gasteiger partial charge in [-0.25, -0.2) is 4.68 Å². The van der Waals surface area contributed by atoms with E-state index in [2.05, 4.69) is 38.5 Å². The molecule has 2 aromatic carbocycles. The van der Waals surface area contributed by atoms with Crippen LogP contribution >= 0.6 is 0 Å². The summed E-state index contributed by atoms with van der Waals surface area (Å²) in [6, 6.07) is 13.9. The molecule has 3 aromatic heterocycles. The fraction of sp³-hybridized carbons (Fsp3) is 0.0909.